The summed E-state index contributed by atoms with van der Waals surface area (Å²) in [5.74, 6) is -1.10. The van der Waals surface area contributed by atoms with Gasteiger partial charge in [-0.1, -0.05) is 12.1 Å². The van der Waals surface area contributed by atoms with E-state index in [9.17, 15) is 14.4 Å². The number of rotatable bonds is 5. The smallest absolute Gasteiger partial charge is 0.360 e. The Labute approximate surface area is 109 Å². The van der Waals surface area contributed by atoms with Gasteiger partial charge in [0.25, 0.3) is 0 Å². The van der Waals surface area contributed by atoms with E-state index >= 15 is 0 Å². The van der Waals surface area contributed by atoms with Crippen molar-refractivity contribution in [1.82, 2.24) is 20.3 Å². The summed E-state index contributed by atoms with van der Waals surface area (Å²) in [6, 6.07) is -0.908. The van der Waals surface area contributed by atoms with E-state index in [1.807, 2.05) is 12.2 Å². The van der Waals surface area contributed by atoms with Gasteiger partial charge in [-0.3, -0.25) is 10.1 Å². The number of urea groups is 1. The SMILES string of the molecule is CCc1c(C(=O)OC)nnn1CCC(=O)NC(N)=O. The molecule has 19 heavy (non-hydrogen) atoms. The van der Waals surface area contributed by atoms with Crippen LogP contribution in [0, 0.1) is 0 Å². The summed E-state index contributed by atoms with van der Waals surface area (Å²) in [7, 11) is 1.25. The van der Waals surface area contributed by atoms with Crippen LogP contribution in [0.25, 0.3) is 0 Å². The Hall–Kier alpha value is -2.45. The van der Waals surface area contributed by atoms with Crippen molar-refractivity contribution in [1.29, 1.82) is 0 Å². The second kappa shape index (κ2) is 6.47. The number of imide groups is 1. The number of methoxy groups -OCH3 is 1. The average molecular weight is 269 g/mol. The lowest BCUT2D eigenvalue weighted by Crippen LogP contribution is -2.35. The highest BCUT2D eigenvalue weighted by molar-refractivity contribution is 5.93. The molecular weight excluding hydrogens is 254 g/mol. The molecule has 3 N–H and O–H groups in total. The van der Waals surface area contributed by atoms with Crippen LogP contribution < -0.4 is 11.1 Å². The Kier molecular flexibility index (Phi) is 4.98. The summed E-state index contributed by atoms with van der Waals surface area (Å²) >= 11 is 0. The van der Waals surface area contributed by atoms with Gasteiger partial charge < -0.3 is 10.5 Å². The molecule has 0 bridgehead atoms. The lowest BCUT2D eigenvalue weighted by atomic mass is 10.2. The average Bonchev–Trinajstić information content (AvgIpc) is 2.77. The van der Waals surface area contributed by atoms with E-state index in [1.54, 1.807) is 0 Å². The maximum absolute atomic E-state index is 11.4. The van der Waals surface area contributed by atoms with Gasteiger partial charge in [-0.15, -0.1) is 5.10 Å². The van der Waals surface area contributed by atoms with E-state index in [2.05, 4.69) is 15.0 Å². The summed E-state index contributed by atoms with van der Waals surface area (Å²) in [4.78, 5) is 33.1. The minimum atomic E-state index is -0.908. The molecule has 0 atom stereocenters. The number of esters is 1. The number of nitrogens with one attached hydrogen (secondary N) is 1. The van der Waals surface area contributed by atoms with Crippen LogP contribution in [0.5, 0.6) is 0 Å². The van der Waals surface area contributed by atoms with Gasteiger partial charge in [0, 0.05) is 6.42 Å². The molecule has 1 aromatic heterocycles. The molecule has 3 amide bonds. The summed E-state index contributed by atoms with van der Waals surface area (Å²) in [5.41, 5.74) is 5.51. The summed E-state index contributed by atoms with van der Waals surface area (Å²) < 4.78 is 6.00. The number of hydrogen-bond acceptors (Lipinski definition) is 6. The molecule has 0 saturated carbocycles. The molecule has 0 aliphatic rings. The van der Waals surface area contributed by atoms with Crippen LogP contribution in [0.2, 0.25) is 0 Å². The van der Waals surface area contributed by atoms with Crippen molar-refractivity contribution in [3.63, 3.8) is 0 Å². The summed E-state index contributed by atoms with van der Waals surface area (Å²) in [6.45, 7) is 2.01. The predicted octanol–water partition coefficient (Wildman–Crippen LogP) is -0.788. The van der Waals surface area contributed by atoms with Crippen LogP contribution in [0.3, 0.4) is 0 Å². The Morgan fingerprint density at radius 3 is 2.63 bits per heavy atom. The van der Waals surface area contributed by atoms with Crippen molar-refractivity contribution in [2.45, 2.75) is 26.3 Å². The number of carbonyl (C=O) groups excluding carboxylic acids is 3. The Morgan fingerprint density at radius 1 is 1.42 bits per heavy atom. The van der Waals surface area contributed by atoms with Crippen molar-refractivity contribution in [2.24, 2.45) is 5.73 Å². The van der Waals surface area contributed by atoms with Gasteiger partial charge in [-0.05, 0) is 6.42 Å². The van der Waals surface area contributed by atoms with Crippen molar-refractivity contribution in [3.8, 4) is 0 Å². The molecule has 0 fully saturated rings. The van der Waals surface area contributed by atoms with Gasteiger partial charge in [0.1, 0.15) is 0 Å². The van der Waals surface area contributed by atoms with E-state index in [0.29, 0.717) is 12.1 Å². The topological polar surface area (TPSA) is 129 Å². The lowest BCUT2D eigenvalue weighted by molar-refractivity contribution is -0.120. The third-order valence-electron chi connectivity index (χ3n) is 2.36. The number of amides is 3. The molecule has 0 radical (unpaired) electrons. The van der Waals surface area contributed by atoms with E-state index in [0.717, 1.165) is 0 Å². The normalized spacial score (nSPS) is 10.0. The Bertz CT molecular complexity index is 496. The van der Waals surface area contributed by atoms with Gasteiger partial charge in [-0.25, -0.2) is 14.3 Å². The third-order valence-corrected chi connectivity index (χ3v) is 2.36. The minimum absolute atomic E-state index is 0.0000867. The third kappa shape index (κ3) is 3.76. The van der Waals surface area contributed by atoms with Gasteiger partial charge in [0.15, 0.2) is 5.69 Å². The predicted molar refractivity (Wildman–Crippen MR) is 63.1 cm³/mol. The van der Waals surface area contributed by atoms with Crippen LogP contribution in [-0.4, -0.2) is 40.0 Å². The van der Waals surface area contributed by atoms with Crippen LogP contribution >= 0.6 is 0 Å². The molecule has 0 saturated heterocycles. The highest BCUT2D eigenvalue weighted by atomic mass is 16.5. The van der Waals surface area contributed by atoms with Crippen LogP contribution in [-0.2, 0) is 22.5 Å². The minimum Gasteiger partial charge on any atom is -0.464 e. The first-order valence-corrected chi connectivity index (χ1v) is 5.59. The molecular formula is C10H15N5O4. The number of primary amides is 1. The van der Waals surface area contributed by atoms with Gasteiger partial charge >= 0.3 is 12.0 Å². The molecule has 1 rings (SSSR count). The quantitative estimate of drug-likeness (QED) is 0.674. The van der Waals surface area contributed by atoms with Crippen molar-refractivity contribution < 1.29 is 19.1 Å². The fourth-order valence-corrected chi connectivity index (χ4v) is 1.52. The second-order valence-corrected chi connectivity index (χ2v) is 3.62. The zero-order valence-electron chi connectivity index (χ0n) is 10.7. The van der Waals surface area contributed by atoms with Crippen molar-refractivity contribution in [2.75, 3.05) is 7.11 Å². The monoisotopic (exact) mass is 269 g/mol. The highest BCUT2D eigenvalue weighted by Crippen LogP contribution is 2.08. The fraction of sp³-hybridized carbons (Fsp3) is 0.500. The van der Waals surface area contributed by atoms with Gasteiger partial charge in [-0.2, -0.15) is 0 Å². The maximum atomic E-state index is 11.4. The zero-order valence-corrected chi connectivity index (χ0v) is 10.7. The molecule has 9 heteroatoms. The van der Waals surface area contributed by atoms with E-state index < -0.39 is 17.9 Å². The molecule has 104 valence electrons. The number of hydrogen-bond donors (Lipinski definition) is 2. The van der Waals surface area contributed by atoms with E-state index in [-0.39, 0.29) is 18.7 Å². The molecule has 0 aliphatic carbocycles. The first-order valence-electron chi connectivity index (χ1n) is 5.59. The fourth-order valence-electron chi connectivity index (χ4n) is 1.52. The van der Waals surface area contributed by atoms with Crippen LogP contribution in [0.15, 0.2) is 0 Å². The molecule has 0 spiro atoms. The van der Waals surface area contributed by atoms with Gasteiger partial charge in [0.05, 0.1) is 19.3 Å². The number of nitrogens with two attached hydrogens (primary N) is 1. The molecule has 1 heterocycles. The molecule has 1 aromatic rings. The Morgan fingerprint density at radius 2 is 2.11 bits per heavy atom. The number of aryl methyl sites for hydroxylation is 1. The summed E-state index contributed by atoms with van der Waals surface area (Å²) in [6.07, 6.45) is 0.509. The maximum Gasteiger partial charge on any atom is 0.360 e. The lowest BCUT2D eigenvalue weighted by Gasteiger charge is -2.05. The first-order chi connectivity index (χ1) is 8.99. The largest absolute Gasteiger partial charge is 0.464 e. The van der Waals surface area contributed by atoms with Crippen molar-refractivity contribution in [3.05, 3.63) is 11.4 Å². The van der Waals surface area contributed by atoms with Crippen LogP contribution in [0.4, 0.5) is 4.79 Å². The molecule has 9 nitrogen and oxygen atoms in total. The second-order valence-electron chi connectivity index (χ2n) is 3.62. The summed E-state index contributed by atoms with van der Waals surface area (Å²) in [5, 5.41) is 9.43. The number of aromatic nitrogens is 3. The van der Waals surface area contributed by atoms with Gasteiger partial charge in [0.2, 0.25) is 5.91 Å². The number of nitrogens with zero attached hydrogens (tertiary/aromatic N) is 3. The molecule has 0 aliphatic heterocycles. The van der Waals surface area contributed by atoms with E-state index in [1.165, 1.54) is 11.8 Å². The number of ether oxygens (including phenoxy) is 1. The van der Waals surface area contributed by atoms with Crippen LogP contribution in [0.1, 0.15) is 29.5 Å². The number of carbonyl (C=O) groups is 3. The van der Waals surface area contributed by atoms with Crippen molar-refractivity contribution >= 4 is 17.9 Å². The molecule has 0 unspecified atom stereocenters. The zero-order chi connectivity index (χ0) is 14.4. The Balaban J connectivity index is 2.74. The highest BCUT2D eigenvalue weighted by Gasteiger charge is 2.19. The molecule has 0 aromatic carbocycles. The first kappa shape index (κ1) is 14.6. The van der Waals surface area contributed by atoms with E-state index in [4.69, 9.17) is 5.73 Å². The standard InChI is InChI=1S/C10H15N5O4/c1-3-6-8(9(17)19-2)13-14-15(6)5-4-7(16)12-10(11)18/h3-5H2,1-2H3,(H3,11,12,16,18).